The van der Waals surface area contributed by atoms with Gasteiger partial charge in [0.15, 0.2) is 12.7 Å². The first-order valence-corrected chi connectivity index (χ1v) is 9.00. The highest BCUT2D eigenvalue weighted by molar-refractivity contribution is 9.10. The van der Waals surface area contributed by atoms with Crippen LogP contribution in [0.1, 0.15) is 10.4 Å². The number of nitrogens with zero attached hydrogens (tertiary/aromatic N) is 1. The average Bonchev–Trinajstić information content (AvgIpc) is 2.70. The number of anilines is 1. The van der Waals surface area contributed by atoms with E-state index >= 15 is 0 Å². The van der Waals surface area contributed by atoms with Crippen molar-refractivity contribution in [3.63, 3.8) is 0 Å². The molecule has 0 saturated heterocycles. The summed E-state index contributed by atoms with van der Waals surface area (Å²) in [5.41, 5.74) is 0.857. The van der Waals surface area contributed by atoms with Crippen molar-refractivity contribution in [1.29, 1.82) is 0 Å². The lowest BCUT2D eigenvalue weighted by molar-refractivity contribution is -0.128. The fourth-order valence-corrected chi connectivity index (χ4v) is 3.12. The van der Waals surface area contributed by atoms with E-state index in [9.17, 15) is 14.4 Å². The average molecular weight is 433 g/mol. The first-order valence-electron chi connectivity index (χ1n) is 8.20. The highest BCUT2D eigenvalue weighted by Crippen LogP contribution is 2.33. The number of fused-ring (bicyclic) bond motifs is 1. The third kappa shape index (κ3) is 4.11. The van der Waals surface area contributed by atoms with Gasteiger partial charge in [0.1, 0.15) is 5.75 Å². The van der Waals surface area contributed by atoms with Crippen LogP contribution < -0.4 is 15.0 Å². The zero-order valence-electron chi connectivity index (χ0n) is 14.5. The van der Waals surface area contributed by atoms with E-state index in [2.05, 4.69) is 21.2 Å². The van der Waals surface area contributed by atoms with Crippen LogP contribution in [0.2, 0.25) is 0 Å². The largest absolute Gasteiger partial charge is 0.477 e. The number of carbonyl (C=O) groups excluding carboxylic acids is 3. The molecule has 140 valence electrons. The summed E-state index contributed by atoms with van der Waals surface area (Å²) in [6.07, 6.45) is -0.840. The Morgan fingerprint density at radius 2 is 1.89 bits per heavy atom. The van der Waals surface area contributed by atoms with Crippen molar-refractivity contribution in [2.75, 3.05) is 25.1 Å². The van der Waals surface area contributed by atoms with Crippen molar-refractivity contribution in [3.05, 3.63) is 58.6 Å². The molecule has 0 spiro atoms. The minimum atomic E-state index is -0.840. The topological polar surface area (TPSA) is 84.9 Å². The van der Waals surface area contributed by atoms with Gasteiger partial charge < -0.3 is 19.7 Å². The van der Waals surface area contributed by atoms with E-state index in [0.717, 1.165) is 0 Å². The summed E-state index contributed by atoms with van der Waals surface area (Å²) in [6.45, 7) is -0.420. The standard InChI is InChI=1S/C19H17BrN2O5/c1-21-18(24)16-10-22(14-8-4-5-9-15(14)27-16)17(23)11-26-19(25)12-6-2-3-7-13(12)20/h2-9,16H,10-11H2,1H3,(H,21,24). The van der Waals surface area contributed by atoms with Gasteiger partial charge in [0.05, 0.1) is 17.8 Å². The van der Waals surface area contributed by atoms with Gasteiger partial charge in [0.25, 0.3) is 11.8 Å². The number of hydrogen-bond acceptors (Lipinski definition) is 5. The molecule has 1 aliphatic heterocycles. The maximum Gasteiger partial charge on any atom is 0.339 e. The van der Waals surface area contributed by atoms with E-state index in [1.165, 1.54) is 11.9 Å². The van der Waals surface area contributed by atoms with Crippen LogP contribution in [0.5, 0.6) is 5.75 Å². The summed E-state index contributed by atoms with van der Waals surface area (Å²) in [5.74, 6) is -0.976. The summed E-state index contributed by atoms with van der Waals surface area (Å²) in [4.78, 5) is 38.3. The van der Waals surface area contributed by atoms with E-state index < -0.39 is 24.6 Å². The predicted molar refractivity (Wildman–Crippen MR) is 102 cm³/mol. The van der Waals surface area contributed by atoms with Crippen molar-refractivity contribution in [2.24, 2.45) is 0 Å². The molecule has 0 fully saturated rings. The Balaban J connectivity index is 1.74. The number of ether oxygens (including phenoxy) is 2. The first-order chi connectivity index (χ1) is 13.0. The van der Waals surface area contributed by atoms with Gasteiger partial charge in [-0.3, -0.25) is 9.59 Å². The lowest BCUT2D eigenvalue weighted by atomic mass is 10.1. The molecule has 1 heterocycles. The molecular formula is C19H17BrN2O5. The third-order valence-electron chi connectivity index (χ3n) is 4.03. The molecule has 1 aliphatic rings. The zero-order valence-corrected chi connectivity index (χ0v) is 16.1. The van der Waals surface area contributed by atoms with Crippen LogP contribution >= 0.6 is 15.9 Å². The molecule has 0 radical (unpaired) electrons. The molecule has 27 heavy (non-hydrogen) atoms. The van der Waals surface area contributed by atoms with Gasteiger partial charge in [-0.1, -0.05) is 24.3 Å². The molecule has 0 aliphatic carbocycles. The number of rotatable bonds is 4. The van der Waals surface area contributed by atoms with Gasteiger partial charge in [0, 0.05) is 11.5 Å². The van der Waals surface area contributed by atoms with Crippen molar-refractivity contribution < 1.29 is 23.9 Å². The highest BCUT2D eigenvalue weighted by Gasteiger charge is 2.33. The lowest BCUT2D eigenvalue weighted by Gasteiger charge is -2.33. The maximum absolute atomic E-state index is 12.7. The lowest BCUT2D eigenvalue weighted by Crippen LogP contribution is -2.51. The van der Waals surface area contributed by atoms with Crippen molar-refractivity contribution in [1.82, 2.24) is 5.32 Å². The quantitative estimate of drug-likeness (QED) is 0.748. The SMILES string of the molecule is CNC(=O)C1CN(C(=O)COC(=O)c2ccccc2Br)c2ccccc2O1. The second-order valence-electron chi connectivity index (χ2n) is 5.75. The van der Waals surface area contributed by atoms with Gasteiger partial charge in [0.2, 0.25) is 0 Å². The Morgan fingerprint density at radius 3 is 2.63 bits per heavy atom. The molecular weight excluding hydrogens is 416 g/mol. The van der Waals surface area contributed by atoms with E-state index in [0.29, 0.717) is 21.5 Å². The number of likely N-dealkylation sites (N-methyl/N-ethyl adjacent to an activating group) is 1. The molecule has 2 aromatic rings. The fourth-order valence-electron chi connectivity index (χ4n) is 2.68. The van der Waals surface area contributed by atoms with Crippen LogP contribution in [-0.2, 0) is 14.3 Å². The van der Waals surface area contributed by atoms with Gasteiger partial charge in [-0.15, -0.1) is 0 Å². The Labute approximate surface area is 164 Å². The minimum Gasteiger partial charge on any atom is -0.477 e. The number of hydrogen-bond donors (Lipinski definition) is 1. The van der Waals surface area contributed by atoms with Gasteiger partial charge in [-0.05, 0) is 40.2 Å². The van der Waals surface area contributed by atoms with E-state index in [-0.39, 0.29) is 12.5 Å². The van der Waals surface area contributed by atoms with Gasteiger partial charge in [-0.2, -0.15) is 0 Å². The summed E-state index contributed by atoms with van der Waals surface area (Å²) in [6, 6.07) is 13.7. The highest BCUT2D eigenvalue weighted by atomic mass is 79.9. The smallest absolute Gasteiger partial charge is 0.339 e. The monoisotopic (exact) mass is 432 g/mol. The maximum atomic E-state index is 12.7. The number of nitrogens with one attached hydrogen (secondary N) is 1. The third-order valence-corrected chi connectivity index (χ3v) is 4.73. The molecule has 8 heteroatoms. The van der Waals surface area contributed by atoms with E-state index in [1.54, 1.807) is 48.5 Å². The minimum absolute atomic E-state index is 0.0299. The van der Waals surface area contributed by atoms with Crippen LogP contribution in [-0.4, -0.2) is 44.1 Å². The van der Waals surface area contributed by atoms with Crippen LogP contribution in [0, 0.1) is 0 Å². The number of carbonyl (C=O) groups is 3. The molecule has 1 atom stereocenters. The first kappa shape index (κ1) is 18.9. The summed E-state index contributed by atoms with van der Waals surface area (Å²) in [7, 11) is 1.50. The van der Waals surface area contributed by atoms with Crippen LogP contribution in [0.25, 0.3) is 0 Å². The summed E-state index contributed by atoms with van der Waals surface area (Å²) < 4.78 is 11.4. The Kier molecular flexibility index (Phi) is 5.75. The second-order valence-corrected chi connectivity index (χ2v) is 6.60. The van der Waals surface area contributed by atoms with Crippen molar-refractivity contribution in [2.45, 2.75) is 6.10 Å². The molecule has 7 nitrogen and oxygen atoms in total. The second kappa shape index (κ2) is 8.22. The molecule has 1 unspecified atom stereocenters. The van der Waals surface area contributed by atoms with Crippen LogP contribution in [0.4, 0.5) is 5.69 Å². The summed E-state index contributed by atoms with van der Waals surface area (Å²) >= 11 is 3.28. The number of benzene rings is 2. The van der Waals surface area contributed by atoms with E-state index in [1.807, 2.05) is 0 Å². The molecule has 2 aromatic carbocycles. The van der Waals surface area contributed by atoms with Crippen molar-refractivity contribution in [3.8, 4) is 5.75 Å². The molecule has 1 N–H and O–H groups in total. The Hall–Kier alpha value is -2.87. The normalized spacial score (nSPS) is 15.3. The number of amides is 2. The molecule has 0 aromatic heterocycles. The number of para-hydroxylation sites is 2. The fraction of sp³-hybridized carbons (Fsp3) is 0.211. The van der Waals surface area contributed by atoms with Gasteiger partial charge >= 0.3 is 5.97 Å². The molecule has 0 bridgehead atoms. The number of halogens is 1. The summed E-state index contributed by atoms with van der Waals surface area (Å²) in [5, 5.41) is 2.51. The Bertz CT molecular complexity index is 886. The zero-order chi connectivity index (χ0) is 19.4. The van der Waals surface area contributed by atoms with Gasteiger partial charge in [-0.25, -0.2) is 4.79 Å². The molecule has 3 rings (SSSR count). The molecule has 0 saturated carbocycles. The van der Waals surface area contributed by atoms with Crippen LogP contribution in [0.15, 0.2) is 53.0 Å². The van der Waals surface area contributed by atoms with Crippen LogP contribution in [0.3, 0.4) is 0 Å². The Morgan fingerprint density at radius 1 is 1.19 bits per heavy atom. The van der Waals surface area contributed by atoms with E-state index in [4.69, 9.17) is 9.47 Å². The predicted octanol–water partition coefficient (Wildman–Crippen LogP) is 2.15. The molecule has 2 amide bonds. The van der Waals surface area contributed by atoms with Crippen molar-refractivity contribution >= 4 is 39.4 Å². The number of esters is 1.